The van der Waals surface area contributed by atoms with Crippen molar-refractivity contribution in [3.8, 4) is 0 Å². The van der Waals surface area contributed by atoms with Gasteiger partial charge in [-0.3, -0.25) is 24.0 Å². The van der Waals surface area contributed by atoms with Gasteiger partial charge in [0.15, 0.2) is 0 Å². The Labute approximate surface area is 322 Å². The van der Waals surface area contributed by atoms with Crippen molar-refractivity contribution >= 4 is 57.3 Å². The lowest BCUT2D eigenvalue weighted by Crippen LogP contribution is -2.59. The van der Waals surface area contributed by atoms with Crippen LogP contribution in [-0.2, 0) is 41.6 Å². The fourth-order valence-electron chi connectivity index (χ4n) is 8.55. The molecule has 5 heterocycles. The summed E-state index contributed by atoms with van der Waals surface area (Å²) in [5.41, 5.74) is 8.97. The number of para-hydroxylation sites is 2. The number of aliphatic hydroxyl groups is 1. The number of benzene rings is 2. The molecule has 6 atom stereocenters. The van der Waals surface area contributed by atoms with E-state index in [1.165, 1.54) is 14.7 Å². The molecule has 4 aromatic rings. The summed E-state index contributed by atoms with van der Waals surface area (Å²) in [7, 11) is 0. The zero-order valence-electron chi connectivity index (χ0n) is 31.0. The summed E-state index contributed by atoms with van der Waals surface area (Å²) in [6, 6.07) is 8.79. The molecule has 2 aromatic heterocycles. The van der Waals surface area contributed by atoms with Gasteiger partial charge in [-0.2, -0.15) is 0 Å². The summed E-state index contributed by atoms with van der Waals surface area (Å²) in [6.07, 6.45) is 6.27. The fourth-order valence-corrected chi connectivity index (χ4v) is 8.55. The molecule has 3 aliphatic heterocycles. The lowest BCUT2D eigenvalue weighted by Gasteiger charge is -2.32. The summed E-state index contributed by atoms with van der Waals surface area (Å²) in [5.74, 6) is -3.76. The number of nitrogens with two attached hydrogens (primary N) is 1. The van der Waals surface area contributed by atoms with Crippen LogP contribution in [0.1, 0.15) is 49.7 Å². The van der Waals surface area contributed by atoms with Gasteiger partial charge in [0.2, 0.25) is 29.5 Å². The minimum atomic E-state index is -1.20. The number of nitrogens with one attached hydrogen (secondary N) is 4. The molecule has 3 aliphatic rings. The SMILES string of the molecule is NC(CO)C(=O)N1CCCC1C(=O)N1CCCC1C(=O)NC(Cc1c[nH]c2ccccc12)C(=O)NC(Cc1c[nH]c2ccccc12)C(=O)N1CCCC1C(=O)O. The number of nitrogens with zero attached hydrogens (tertiary/aromatic N) is 3. The van der Waals surface area contributed by atoms with E-state index in [1.807, 2.05) is 48.5 Å². The standard InChI is InChI=1S/C40H48N8O8/c41-27(22-49)37(52)47-16-6-13-33(47)39(54)46-15-5-12-32(46)36(51)44-30(18-23-20-42-28-10-3-1-8-25(23)28)35(50)45-31(38(53)48-17-7-14-34(48)40(55)56)19-24-21-43-29-11-4-2-9-26(24)29/h1-4,8-11,20-21,27,30-34,42-43,49H,5-7,12-19,22,41H2,(H,44,51)(H,45,50)(H,55,56). The number of carboxylic acids is 1. The highest BCUT2D eigenvalue weighted by atomic mass is 16.4. The number of hydrogen-bond acceptors (Lipinski definition) is 8. The Morgan fingerprint density at radius 3 is 1.80 bits per heavy atom. The highest BCUT2D eigenvalue weighted by Gasteiger charge is 2.44. The van der Waals surface area contributed by atoms with Gasteiger partial charge >= 0.3 is 5.97 Å². The van der Waals surface area contributed by atoms with Crippen molar-refractivity contribution in [2.45, 2.75) is 87.6 Å². The molecule has 296 valence electrons. The lowest BCUT2D eigenvalue weighted by molar-refractivity contribution is -0.149. The minimum Gasteiger partial charge on any atom is -0.480 e. The first kappa shape index (κ1) is 38.5. The predicted molar refractivity (Wildman–Crippen MR) is 205 cm³/mol. The van der Waals surface area contributed by atoms with Gasteiger partial charge in [-0.05, 0) is 61.8 Å². The van der Waals surface area contributed by atoms with Gasteiger partial charge in [-0.15, -0.1) is 0 Å². The average molecular weight is 769 g/mol. The maximum Gasteiger partial charge on any atom is 0.326 e. The van der Waals surface area contributed by atoms with E-state index in [1.54, 1.807) is 12.4 Å². The molecule has 3 saturated heterocycles. The molecule has 16 nitrogen and oxygen atoms in total. The minimum absolute atomic E-state index is 0.0433. The number of carboxylic acid groups (broad SMARTS) is 1. The fraction of sp³-hybridized carbons (Fsp3) is 0.450. The molecule has 16 heteroatoms. The maximum absolute atomic E-state index is 14.5. The van der Waals surface area contributed by atoms with Gasteiger partial charge in [-0.25, -0.2) is 4.79 Å². The zero-order valence-corrected chi connectivity index (χ0v) is 31.0. The van der Waals surface area contributed by atoms with Crippen LogP contribution in [0.2, 0.25) is 0 Å². The van der Waals surface area contributed by atoms with E-state index >= 15 is 0 Å². The lowest BCUT2D eigenvalue weighted by atomic mass is 10.0. The van der Waals surface area contributed by atoms with Crippen molar-refractivity contribution in [3.63, 3.8) is 0 Å². The van der Waals surface area contributed by atoms with Gasteiger partial charge < -0.3 is 51.2 Å². The smallest absolute Gasteiger partial charge is 0.326 e. The molecular formula is C40H48N8O8. The van der Waals surface area contributed by atoms with Crippen molar-refractivity contribution < 1.29 is 39.0 Å². The van der Waals surface area contributed by atoms with Crippen LogP contribution in [-0.4, -0.2) is 133 Å². The van der Waals surface area contributed by atoms with Gasteiger partial charge in [0.1, 0.15) is 36.3 Å². The van der Waals surface area contributed by atoms with Gasteiger partial charge in [0.25, 0.3) is 0 Å². The number of H-pyrrole nitrogens is 2. The highest BCUT2D eigenvalue weighted by molar-refractivity contribution is 5.98. The number of aromatic amines is 2. The topological polar surface area (TPSA) is 234 Å². The Balaban J connectivity index is 1.16. The van der Waals surface area contributed by atoms with Crippen LogP contribution in [0.25, 0.3) is 21.8 Å². The Morgan fingerprint density at radius 2 is 1.21 bits per heavy atom. The zero-order chi connectivity index (χ0) is 39.5. The summed E-state index contributed by atoms with van der Waals surface area (Å²) in [6.45, 7) is 0.260. The molecule has 7 rings (SSSR count). The van der Waals surface area contributed by atoms with Crippen molar-refractivity contribution in [1.29, 1.82) is 0 Å². The van der Waals surface area contributed by atoms with E-state index in [0.29, 0.717) is 45.1 Å². The van der Waals surface area contributed by atoms with E-state index < -0.39 is 72.5 Å². The third-order valence-corrected chi connectivity index (χ3v) is 11.4. The number of rotatable bonds is 13. The van der Waals surface area contributed by atoms with E-state index in [-0.39, 0.29) is 31.8 Å². The van der Waals surface area contributed by atoms with Gasteiger partial charge in [0, 0.05) is 66.7 Å². The second-order valence-corrected chi connectivity index (χ2v) is 14.9. The number of fused-ring (bicyclic) bond motifs is 2. The maximum atomic E-state index is 14.5. The second-order valence-electron chi connectivity index (χ2n) is 14.9. The molecule has 0 aliphatic carbocycles. The first-order valence-electron chi connectivity index (χ1n) is 19.3. The summed E-state index contributed by atoms with van der Waals surface area (Å²) in [4.78, 5) is 92.6. The number of aliphatic hydroxyl groups excluding tert-OH is 1. The highest BCUT2D eigenvalue weighted by Crippen LogP contribution is 2.27. The third kappa shape index (κ3) is 7.71. The van der Waals surface area contributed by atoms with Crippen molar-refractivity contribution in [1.82, 2.24) is 35.3 Å². The van der Waals surface area contributed by atoms with E-state index in [4.69, 9.17) is 5.73 Å². The quantitative estimate of drug-likeness (QED) is 0.102. The van der Waals surface area contributed by atoms with Crippen LogP contribution < -0.4 is 16.4 Å². The Kier molecular flexibility index (Phi) is 11.4. The number of amides is 5. The Morgan fingerprint density at radius 1 is 0.696 bits per heavy atom. The molecule has 6 unspecified atom stereocenters. The van der Waals surface area contributed by atoms with E-state index in [9.17, 15) is 39.0 Å². The molecule has 0 bridgehead atoms. The van der Waals surface area contributed by atoms with Crippen LogP contribution in [0.5, 0.6) is 0 Å². The Hall–Kier alpha value is -5.74. The monoisotopic (exact) mass is 768 g/mol. The first-order chi connectivity index (χ1) is 27.0. The van der Waals surface area contributed by atoms with Crippen LogP contribution in [0.4, 0.5) is 0 Å². The number of aromatic nitrogens is 2. The second kappa shape index (κ2) is 16.5. The molecule has 8 N–H and O–H groups in total. The first-order valence-corrected chi connectivity index (χ1v) is 19.3. The Bertz CT molecular complexity index is 2130. The van der Waals surface area contributed by atoms with E-state index in [0.717, 1.165) is 32.9 Å². The summed E-state index contributed by atoms with van der Waals surface area (Å²) < 4.78 is 0. The molecule has 3 fully saturated rings. The number of carbonyl (C=O) groups is 6. The van der Waals surface area contributed by atoms with Crippen LogP contribution in [0.3, 0.4) is 0 Å². The average Bonchev–Trinajstić information content (AvgIpc) is 4.06. The molecule has 56 heavy (non-hydrogen) atoms. The van der Waals surface area contributed by atoms with Gasteiger partial charge in [0.05, 0.1) is 6.61 Å². The molecule has 5 amide bonds. The molecule has 0 radical (unpaired) electrons. The molecular weight excluding hydrogens is 720 g/mol. The largest absolute Gasteiger partial charge is 0.480 e. The molecule has 0 spiro atoms. The van der Waals surface area contributed by atoms with Crippen LogP contribution in [0, 0.1) is 0 Å². The number of aliphatic carboxylic acids is 1. The van der Waals surface area contributed by atoms with Gasteiger partial charge in [-0.1, -0.05) is 36.4 Å². The normalized spacial score (nSPS) is 21.3. The summed E-state index contributed by atoms with van der Waals surface area (Å²) >= 11 is 0. The predicted octanol–water partition coefficient (Wildman–Crippen LogP) is 0.781. The third-order valence-electron chi connectivity index (χ3n) is 11.4. The number of carbonyl (C=O) groups excluding carboxylic acids is 5. The number of hydrogen-bond donors (Lipinski definition) is 7. The molecule has 0 saturated carbocycles. The number of likely N-dealkylation sites (tertiary alicyclic amines) is 3. The van der Waals surface area contributed by atoms with Crippen molar-refractivity contribution in [2.75, 3.05) is 26.2 Å². The summed E-state index contributed by atoms with van der Waals surface area (Å²) in [5, 5.41) is 26.9. The van der Waals surface area contributed by atoms with Crippen LogP contribution >= 0.6 is 0 Å². The van der Waals surface area contributed by atoms with Crippen molar-refractivity contribution in [3.05, 3.63) is 72.1 Å². The van der Waals surface area contributed by atoms with Crippen LogP contribution in [0.15, 0.2) is 60.9 Å². The van der Waals surface area contributed by atoms with Crippen molar-refractivity contribution in [2.24, 2.45) is 5.73 Å². The molecule has 2 aromatic carbocycles. The van der Waals surface area contributed by atoms with E-state index in [2.05, 4.69) is 20.6 Å².